The van der Waals surface area contributed by atoms with Gasteiger partial charge in [-0.15, -0.1) is 0 Å². The van der Waals surface area contributed by atoms with Crippen molar-refractivity contribution >= 4 is 11.8 Å². The van der Waals surface area contributed by atoms with E-state index < -0.39 is 16.6 Å². The minimum absolute atomic E-state index is 0.0159. The summed E-state index contributed by atoms with van der Waals surface area (Å²) in [5, 5.41) is 24.0. The molecule has 1 saturated heterocycles. The SMILES string of the molecule is CC1=C(C)C(=O)O[C@H]([C@@H](C)[C@@]2(O)CC[C@H]3[C@@H]4[C@@H]5O[C@@H]5[C@@]5(O)CC=CC(=O)[C@]5(C)[C@H]4CC[C@@]32C)C1. The van der Waals surface area contributed by atoms with Gasteiger partial charge in [0, 0.05) is 17.9 Å². The van der Waals surface area contributed by atoms with Gasteiger partial charge in [0.05, 0.1) is 17.1 Å². The van der Waals surface area contributed by atoms with Gasteiger partial charge in [-0.1, -0.05) is 25.5 Å². The Morgan fingerprint density at radius 1 is 1.09 bits per heavy atom. The Morgan fingerprint density at radius 3 is 2.50 bits per heavy atom. The highest BCUT2D eigenvalue weighted by molar-refractivity contribution is 5.97. The summed E-state index contributed by atoms with van der Waals surface area (Å²) in [5.74, 6) is -0.0746. The van der Waals surface area contributed by atoms with E-state index in [-0.39, 0.29) is 59.2 Å². The van der Waals surface area contributed by atoms with Gasteiger partial charge in [-0.25, -0.2) is 4.79 Å². The van der Waals surface area contributed by atoms with Gasteiger partial charge in [-0.05, 0) is 82.1 Å². The largest absolute Gasteiger partial charge is 0.458 e. The van der Waals surface area contributed by atoms with E-state index in [1.165, 1.54) is 0 Å². The van der Waals surface area contributed by atoms with Gasteiger partial charge >= 0.3 is 5.97 Å². The lowest BCUT2D eigenvalue weighted by molar-refractivity contribution is -0.202. The standard InChI is InChI=1S/C28H38O6/c1-14-13-19(33-24(30)15(14)2)16(3)27(31)12-9-17-21-18(8-11-25(17,27)4)26(5)20(29)7-6-10-28(26,32)23-22(21)34-23/h6-7,16-19,21-23,31-32H,8-13H2,1-5H3/t16-,17+,18+,19+,21+,22+,23+,25+,26+,27+,28+/m1/s1. The molecule has 2 N–H and O–H groups in total. The molecule has 3 saturated carbocycles. The number of carbonyl (C=O) groups is 2. The fourth-order valence-electron chi connectivity index (χ4n) is 9.27. The van der Waals surface area contributed by atoms with Crippen molar-refractivity contribution < 1.29 is 29.3 Å². The third-order valence-electron chi connectivity index (χ3n) is 11.8. The van der Waals surface area contributed by atoms with E-state index in [9.17, 15) is 19.8 Å². The Balaban J connectivity index is 1.34. The van der Waals surface area contributed by atoms with Crippen LogP contribution >= 0.6 is 0 Å². The van der Waals surface area contributed by atoms with Crippen molar-refractivity contribution in [2.75, 3.05) is 0 Å². The molecule has 2 aliphatic heterocycles. The molecule has 6 rings (SSSR count). The Hall–Kier alpha value is -1.50. The molecule has 4 fully saturated rings. The predicted molar refractivity (Wildman–Crippen MR) is 125 cm³/mol. The number of ether oxygens (including phenoxy) is 2. The quantitative estimate of drug-likeness (QED) is 0.474. The zero-order chi connectivity index (χ0) is 24.4. The van der Waals surface area contributed by atoms with Crippen LogP contribution in [0.15, 0.2) is 23.3 Å². The average molecular weight is 471 g/mol. The molecule has 0 aromatic carbocycles. The zero-order valence-corrected chi connectivity index (χ0v) is 21.0. The summed E-state index contributed by atoms with van der Waals surface area (Å²) in [4.78, 5) is 25.7. The van der Waals surface area contributed by atoms with E-state index in [1.54, 1.807) is 19.1 Å². The number of cyclic esters (lactones) is 1. The van der Waals surface area contributed by atoms with E-state index >= 15 is 0 Å². The van der Waals surface area contributed by atoms with Crippen LogP contribution < -0.4 is 0 Å². The molecule has 0 spiro atoms. The molecular formula is C28H38O6. The van der Waals surface area contributed by atoms with Crippen molar-refractivity contribution in [1.82, 2.24) is 0 Å². The van der Waals surface area contributed by atoms with Crippen LogP contribution in [0.1, 0.15) is 73.1 Å². The van der Waals surface area contributed by atoms with Crippen LogP contribution in [0.2, 0.25) is 0 Å². The number of hydrogen-bond donors (Lipinski definition) is 2. The maximum absolute atomic E-state index is 13.3. The smallest absolute Gasteiger partial charge is 0.333 e. The lowest BCUT2D eigenvalue weighted by atomic mass is 9.43. The number of rotatable bonds is 2. The number of ketones is 1. The lowest BCUT2D eigenvalue weighted by Gasteiger charge is -2.61. The summed E-state index contributed by atoms with van der Waals surface area (Å²) in [6.45, 7) is 9.99. The monoisotopic (exact) mass is 470 g/mol. The molecule has 0 bridgehead atoms. The van der Waals surface area contributed by atoms with Crippen molar-refractivity contribution in [3.63, 3.8) is 0 Å². The summed E-state index contributed by atoms with van der Waals surface area (Å²) in [6.07, 6.45) is 6.96. The maximum atomic E-state index is 13.3. The van der Waals surface area contributed by atoms with Crippen molar-refractivity contribution in [2.24, 2.45) is 34.5 Å². The molecule has 2 heterocycles. The average Bonchev–Trinajstić information content (AvgIpc) is 3.55. The topological polar surface area (TPSA) is 96.4 Å². The van der Waals surface area contributed by atoms with Crippen LogP contribution in [-0.4, -0.2) is 51.5 Å². The van der Waals surface area contributed by atoms with E-state index in [2.05, 4.69) is 6.92 Å². The van der Waals surface area contributed by atoms with Crippen molar-refractivity contribution in [3.8, 4) is 0 Å². The Labute approximate surface area is 201 Å². The first-order chi connectivity index (χ1) is 15.9. The Bertz CT molecular complexity index is 1030. The van der Waals surface area contributed by atoms with E-state index in [0.29, 0.717) is 24.8 Å². The molecular weight excluding hydrogens is 432 g/mol. The van der Waals surface area contributed by atoms with Crippen molar-refractivity contribution in [2.45, 2.75) is 103 Å². The Morgan fingerprint density at radius 2 is 1.79 bits per heavy atom. The minimum Gasteiger partial charge on any atom is -0.458 e. The zero-order valence-electron chi connectivity index (χ0n) is 21.0. The van der Waals surface area contributed by atoms with Gasteiger partial charge < -0.3 is 19.7 Å². The molecule has 6 aliphatic rings. The molecule has 0 radical (unpaired) electrons. The maximum Gasteiger partial charge on any atom is 0.333 e. The van der Waals surface area contributed by atoms with E-state index in [1.807, 2.05) is 20.8 Å². The summed E-state index contributed by atoms with van der Waals surface area (Å²) in [7, 11) is 0. The van der Waals surface area contributed by atoms with E-state index in [4.69, 9.17) is 9.47 Å². The summed E-state index contributed by atoms with van der Waals surface area (Å²) >= 11 is 0. The molecule has 6 nitrogen and oxygen atoms in total. The van der Waals surface area contributed by atoms with Crippen LogP contribution in [-0.2, 0) is 19.1 Å². The number of aliphatic hydroxyl groups is 2. The predicted octanol–water partition coefficient (Wildman–Crippen LogP) is 3.50. The first-order valence-corrected chi connectivity index (χ1v) is 13.1. The third-order valence-corrected chi connectivity index (χ3v) is 11.8. The normalized spacial score (nSPS) is 54.6. The second-order valence-corrected chi connectivity index (χ2v) is 12.7. The lowest BCUT2D eigenvalue weighted by Crippen LogP contribution is -2.68. The van der Waals surface area contributed by atoms with Crippen LogP contribution in [0.25, 0.3) is 0 Å². The molecule has 34 heavy (non-hydrogen) atoms. The summed E-state index contributed by atoms with van der Waals surface area (Å²) < 4.78 is 12.0. The minimum atomic E-state index is -1.14. The first kappa shape index (κ1) is 22.9. The number of esters is 1. The number of epoxide rings is 1. The highest BCUT2D eigenvalue weighted by atomic mass is 16.6. The molecule has 6 heteroatoms. The van der Waals surface area contributed by atoms with Gasteiger partial charge in [0.25, 0.3) is 0 Å². The fourth-order valence-corrected chi connectivity index (χ4v) is 9.27. The number of carbonyl (C=O) groups excluding carboxylic acids is 2. The van der Waals surface area contributed by atoms with Gasteiger partial charge in [0.1, 0.15) is 17.8 Å². The van der Waals surface area contributed by atoms with Crippen LogP contribution in [0.3, 0.4) is 0 Å². The third kappa shape index (κ3) is 2.48. The second-order valence-electron chi connectivity index (χ2n) is 12.7. The molecule has 0 aromatic heterocycles. The number of fused-ring (bicyclic) bond motifs is 8. The molecule has 0 amide bonds. The number of hydrogen-bond acceptors (Lipinski definition) is 6. The fraction of sp³-hybridized carbons (Fsp3) is 0.786. The molecule has 0 aromatic rings. The van der Waals surface area contributed by atoms with Crippen molar-refractivity contribution in [1.29, 1.82) is 0 Å². The van der Waals surface area contributed by atoms with Gasteiger partial charge in [0.15, 0.2) is 5.78 Å². The molecule has 186 valence electrons. The summed E-state index contributed by atoms with van der Waals surface area (Å²) in [6, 6.07) is 0. The second kappa shape index (κ2) is 6.83. The number of allylic oxidation sites excluding steroid dienone is 1. The van der Waals surface area contributed by atoms with Gasteiger partial charge in [-0.3, -0.25) is 4.79 Å². The van der Waals surface area contributed by atoms with Crippen molar-refractivity contribution in [3.05, 3.63) is 23.3 Å². The van der Waals surface area contributed by atoms with Gasteiger partial charge in [-0.2, -0.15) is 0 Å². The van der Waals surface area contributed by atoms with Crippen LogP contribution in [0.4, 0.5) is 0 Å². The molecule has 4 aliphatic carbocycles. The van der Waals surface area contributed by atoms with Crippen LogP contribution in [0.5, 0.6) is 0 Å². The Kier molecular flexibility index (Phi) is 4.61. The first-order valence-electron chi connectivity index (χ1n) is 13.1. The summed E-state index contributed by atoms with van der Waals surface area (Å²) in [5.41, 5.74) is -1.60. The van der Waals surface area contributed by atoms with Gasteiger partial charge in [0.2, 0.25) is 0 Å². The van der Waals surface area contributed by atoms with E-state index in [0.717, 1.165) is 24.8 Å². The molecule has 11 atom stereocenters. The van der Waals surface area contributed by atoms with Crippen LogP contribution in [0, 0.1) is 34.5 Å². The highest BCUT2D eigenvalue weighted by Crippen LogP contribution is 2.72. The molecule has 0 unspecified atom stereocenters. The highest BCUT2D eigenvalue weighted by Gasteiger charge is 2.78.